The lowest BCUT2D eigenvalue weighted by Gasteiger charge is -2.40. The van der Waals surface area contributed by atoms with Crippen LogP contribution in [0.25, 0.3) is 0 Å². The van der Waals surface area contributed by atoms with E-state index in [0.717, 1.165) is 0 Å². The molecular weight excluding hydrogens is 434 g/mol. The average molecular weight is 457 g/mol. The fourth-order valence-electron chi connectivity index (χ4n) is 2.78. The number of esters is 4. The number of aromatic nitrogens is 2. The zero-order valence-corrected chi connectivity index (χ0v) is 18.4. The van der Waals surface area contributed by atoms with Gasteiger partial charge in [-0.25, -0.2) is 4.98 Å². The smallest absolute Gasteiger partial charge is 0.309 e. The highest BCUT2D eigenvalue weighted by Gasteiger charge is 2.47. The highest BCUT2D eigenvalue weighted by molar-refractivity contribution is 7.98. The molecule has 1 aliphatic heterocycles. The van der Waals surface area contributed by atoms with Crippen molar-refractivity contribution in [3.8, 4) is 5.88 Å². The molecule has 2 rings (SSSR count). The van der Waals surface area contributed by atoms with E-state index in [2.05, 4.69) is 15.3 Å². The van der Waals surface area contributed by atoms with Gasteiger partial charge < -0.3 is 29.0 Å². The molecule has 1 saturated heterocycles. The molecule has 0 unspecified atom stereocenters. The van der Waals surface area contributed by atoms with E-state index in [-0.39, 0.29) is 18.3 Å². The Bertz CT molecular complexity index is 851. The number of carbonyl (C=O) groups excluding carboxylic acids is 4. The van der Waals surface area contributed by atoms with Crippen LogP contribution in [0.2, 0.25) is 0 Å². The topological polar surface area (TPSA) is 152 Å². The number of nitrogens with zero attached hydrogens (tertiary/aromatic N) is 2. The summed E-state index contributed by atoms with van der Waals surface area (Å²) < 4.78 is 26.5. The Balaban J connectivity index is 2.35. The van der Waals surface area contributed by atoms with Gasteiger partial charge in [0.25, 0.3) is 0 Å². The van der Waals surface area contributed by atoms with E-state index in [1.165, 1.54) is 45.5 Å². The number of hydrogen-bond donors (Lipinski definition) is 1. The molecule has 1 fully saturated rings. The van der Waals surface area contributed by atoms with E-state index in [9.17, 15) is 19.2 Å². The maximum Gasteiger partial charge on any atom is 0.309 e. The minimum Gasteiger partial charge on any atom is -0.456 e. The summed E-state index contributed by atoms with van der Waals surface area (Å²) in [5.41, 5.74) is 0. The molecule has 12 nitrogen and oxygen atoms in total. The van der Waals surface area contributed by atoms with Crippen LogP contribution in [0.3, 0.4) is 0 Å². The second-order valence-electron chi connectivity index (χ2n) is 6.37. The average Bonchev–Trinajstić information content (AvgIpc) is 2.64. The summed E-state index contributed by atoms with van der Waals surface area (Å²) in [6, 6.07) is 1.36. The third-order valence-corrected chi connectivity index (χ3v) is 4.30. The first-order valence-electron chi connectivity index (χ1n) is 9.10. The van der Waals surface area contributed by atoms with E-state index < -0.39 is 48.4 Å². The quantitative estimate of drug-likeness (QED) is 0.265. The van der Waals surface area contributed by atoms with Crippen LogP contribution in [0.4, 0.5) is 5.82 Å². The molecule has 0 radical (unpaired) electrons. The number of rotatable bonds is 7. The summed E-state index contributed by atoms with van der Waals surface area (Å²) in [7, 11) is 0. The Morgan fingerprint density at radius 3 is 2.13 bits per heavy atom. The first-order valence-corrected chi connectivity index (χ1v) is 10.3. The van der Waals surface area contributed by atoms with Crippen molar-refractivity contribution < 1.29 is 42.9 Å². The molecule has 0 saturated carbocycles. The lowest BCUT2D eigenvalue weighted by molar-refractivity contribution is -0.221. The number of hydrogen-bond acceptors (Lipinski definition) is 13. The Labute approximate surface area is 182 Å². The molecule has 31 heavy (non-hydrogen) atoms. The van der Waals surface area contributed by atoms with Crippen molar-refractivity contribution in [1.29, 1.82) is 0 Å². The molecule has 0 amide bonds. The summed E-state index contributed by atoms with van der Waals surface area (Å²) in [5.74, 6) is -2.32. The minimum atomic E-state index is -1.18. The third kappa shape index (κ3) is 7.36. The van der Waals surface area contributed by atoms with Crippen molar-refractivity contribution in [2.45, 2.75) is 57.4 Å². The van der Waals surface area contributed by atoms with Crippen molar-refractivity contribution in [1.82, 2.24) is 9.97 Å². The molecule has 1 aliphatic rings. The third-order valence-electron chi connectivity index (χ3n) is 3.75. The zero-order valence-electron chi connectivity index (χ0n) is 17.6. The molecule has 170 valence electrons. The molecule has 13 heteroatoms. The van der Waals surface area contributed by atoms with Crippen molar-refractivity contribution in [3.05, 3.63) is 6.07 Å². The van der Waals surface area contributed by atoms with Gasteiger partial charge in [0.15, 0.2) is 29.7 Å². The van der Waals surface area contributed by atoms with Crippen LogP contribution in [0, 0.1) is 0 Å². The first-order chi connectivity index (χ1) is 14.6. The number of carbonyl (C=O) groups is 4. The van der Waals surface area contributed by atoms with Gasteiger partial charge in [0.05, 0.1) is 6.61 Å². The number of anilines is 1. The highest BCUT2D eigenvalue weighted by Crippen LogP contribution is 2.27. The van der Waals surface area contributed by atoms with E-state index in [0.29, 0.717) is 5.16 Å². The summed E-state index contributed by atoms with van der Waals surface area (Å²) in [4.78, 5) is 54.4. The Hall–Kier alpha value is -2.93. The van der Waals surface area contributed by atoms with Gasteiger partial charge in [0.1, 0.15) is 5.82 Å². The lowest BCUT2D eigenvalue weighted by Crippen LogP contribution is -2.59. The van der Waals surface area contributed by atoms with E-state index in [4.69, 9.17) is 23.7 Å². The molecule has 2 heterocycles. The molecule has 1 aromatic rings. The number of thioether (sulfide) groups is 1. The molecular formula is C18H23N3O9S. The van der Waals surface area contributed by atoms with Gasteiger partial charge in [-0.3, -0.25) is 19.2 Å². The molecule has 0 aliphatic carbocycles. The second-order valence-corrected chi connectivity index (χ2v) is 7.14. The van der Waals surface area contributed by atoms with Crippen LogP contribution in [0.5, 0.6) is 5.88 Å². The van der Waals surface area contributed by atoms with E-state index in [1.54, 1.807) is 6.26 Å². The monoisotopic (exact) mass is 457 g/mol. The van der Waals surface area contributed by atoms with Crippen molar-refractivity contribution in [2.75, 3.05) is 18.2 Å². The fourth-order valence-corrected chi connectivity index (χ4v) is 3.15. The predicted octanol–water partition coefficient (Wildman–Crippen LogP) is 0.687. The maximum atomic E-state index is 11.7. The predicted molar refractivity (Wildman–Crippen MR) is 105 cm³/mol. The molecule has 0 bridgehead atoms. The van der Waals surface area contributed by atoms with Gasteiger partial charge in [-0.1, -0.05) is 11.8 Å². The van der Waals surface area contributed by atoms with Crippen LogP contribution in [-0.2, 0) is 38.1 Å². The van der Waals surface area contributed by atoms with Gasteiger partial charge in [-0.05, 0) is 6.26 Å². The van der Waals surface area contributed by atoms with Gasteiger partial charge in [0.2, 0.25) is 5.88 Å². The maximum absolute atomic E-state index is 11.7. The van der Waals surface area contributed by atoms with Crippen LogP contribution in [0.1, 0.15) is 27.7 Å². The lowest BCUT2D eigenvalue weighted by atomic mass is 10.0. The summed E-state index contributed by atoms with van der Waals surface area (Å²) >= 11 is 1.21. The van der Waals surface area contributed by atoms with Gasteiger partial charge >= 0.3 is 23.9 Å². The minimum absolute atomic E-state index is 0.00326. The molecule has 1 N–H and O–H groups in total. The summed E-state index contributed by atoms with van der Waals surface area (Å²) in [6.07, 6.45) is -2.60. The first kappa shape index (κ1) is 24.3. The van der Waals surface area contributed by atoms with E-state index in [1.807, 2.05) is 0 Å². The molecule has 1 aromatic heterocycles. The van der Waals surface area contributed by atoms with Gasteiger partial charge in [0, 0.05) is 33.8 Å². The van der Waals surface area contributed by atoms with Crippen molar-refractivity contribution >= 4 is 41.5 Å². The molecule has 0 aromatic carbocycles. The molecule has 0 spiro atoms. The SMILES string of the molecule is CSc1nc(N[C@@H]2OC[C@@H](OC(C)=O)[C@H](OC(C)=O)[C@H]2OC(C)=O)cc(OC(C)=O)n1. The molecule has 4 atom stereocenters. The summed E-state index contributed by atoms with van der Waals surface area (Å²) in [5, 5.41) is 3.22. The van der Waals surface area contributed by atoms with Crippen LogP contribution in [-0.4, -0.2) is 71.2 Å². The Morgan fingerprint density at radius 2 is 1.58 bits per heavy atom. The van der Waals surface area contributed by atoms with Crippen molar-refractivity contribution in [3.63, 3.8) is 0 Å². The number of ether oxygens (including phenoxy) is 5. The largest absolute Gasteiger partial charge is 0.456 e. The van der Waals surface area contributed by atoms with Crippen LogP contribution in [0.15, 0.2) is 11.2 Å². The van der Waals surface area contributed by atoms with Crippen LogP contribution < -0.4 is 10.1 Å². The van der Waals surface area contributed by atoms with E-state index >= 15 is 0 Å². The van der Waals surface area contributed by atoms with Crippen LogP contribution >= 0.6 is 11.8 Å². The second kappa shape index (κ2) is 10.9. The summed E-state index contributed by atoms with van der Waals surface area (Å²) in [6.45, 7) is 4.62. The van der Waals surface area contributed by atoms with Crippen molar-refractivity contribution in [2.24, 2.45) is 0 Å². The van der Waals surface area contributed by atoms with Gasteiger partial charge in [-0.2, -0.15) is 4.98 Å². The number of nitrogens with one attached hydrogen (secondary N) is 1. The normalized spacial score (nSPS) is 22.7. The fraction of sp³-hybridized carbons (Fsp3) is 0.556. The van der Waals surface area contributed by atoms with Gasteiger partial charge in [-0.15, -0.1) is 0 Å². The highest BCUT2D eigenvalue weighted by atomic mass is 32.2. The standard InChI is InChI=1S/C18H23N3O9S/c1-8(22)27-12-7-26-17(16(30-11(4)25)15(12)29-10(3)24)19-13-6-14(28-9(2)23)21-18(20-13)31-5/h6,12,15-17H,7H2,1-5H3,(H,19,20,21)/t12-,15+,16-,17-/m1/s1. The zero-order chi connectivity index (χ0) is 23.1. The Morgan fingerprint density at radius 1 is 0.968 bits per heavy atom. The Kier molecular flexibility index (Phi) is 8.56.